The molecule has 0 radical (unpaired) electrons. The number of nitrogens with one attached hydrogen (secondary N) is 1. The molecule has 1 fully saturated rings. The van der Waals surface area contributed by atoms with Gasteiger partial charge in [-0.15, -0.1) is 0 Å². The molecule has 2 rings (SSSR count). The highest BCUT2D eigenvalue weighted by molar-refractivity contribution is 9.10. The Labute approximate surface area is 130 Å². The molecule has 0 saturated heterocycles. The summed E-state index contributed by atoms with van der Waals surface area (Å²) in [5, 5.41) is 3.35. The number of halogens is 2. The zero-order chi connectivity index (χ0) is 14.4. The molecule has 1 aliphatic rings. The first-order chi connectivity index (χ1) is 9.69. The van der Waals surface area contributed by atoms with Crippen LogP contribution in [0.4, 0.5) is 4.39 Å². The Bertz CT molecular complexity index is 415. The number of rotatable bonds is 6. The van der Waals surface area contributed by atoms with Crippen molar-refractivity contribution in [3.05, 3.63) is 34.1 Å². The molecule has 0 aromatic heterocycles. The fourth-order valence-corrected chi connectivity index (χ4v) is 3.63. The van der Waals surface area contributed by atoms with E-state index in [1.54, 1.807) is 12.1 Å². The minimum Gasteiger partial charge on any atom is -0.317 e. The van der Waals surface area contributed by atoms with Crippen LogP contribution < -0.4 is 5.32 Å². The number of benzene rings is 1. The van der Waals surface area contributed by atoms with Crippen molar-refractivity contribution in [3.63, 3.8) is 0 Å². The first-order valence-corrected chi connectivity index (χ1v) is 8.59. The van der Waals surface area contributed by atoms with Gasteiger partial charge in [-0.05, 0) is 56.0 Å². The van der Waals surface area contributed by atoms with Gasteiger partial charge in [0.15, 0.2) is 0 Å². The van der Waals surface area contributed by atoms with Crippen LogP contribution in [0.25, 0.3) is 0 Å². The fourth-order valence-electron chi connectivity index (χ4n) is 3.23. The molecule has 0 heterocycles. The van der Waals surface area contributed by atoms with Crippen molar-refractivity contribution >= 4 is 15.9 Å². The lowest BCUT2D eigenvalue weighted by molar-refractivity contribution is 0.315. The lowest BCUT2D eigenvalue weighted by atomic mass is 9.84. The Kier molecular flexibility index (Phi) is 6.50. The first kappa shape index (κ1) is 16.0. The van der Waals surface area contributed by atoms with Crippen LogP contribution in [-0.4, -0.2) is 13.1 Å². The molecule has 0 bridgehead atoms. The molecule has 1 atom stereocenters. The van der Waals surface area contributed by atoms with Crippen molar-refractivity contribution in [2.75, 3.05) is 7.05 Å². The molecule has 3 heteroatoms. The van der Waals surface area contributed by atoms with Gasteiger partial charge in [0.2, 0.25) is 0 Å². The van der Waals surface area contributed by atoms with E-state index >= 15 is 0 Å². The van der Waals surface area contributed by atoms with E-state index in [2.05, 4.69) is 21.2 Å². The topological polar surface area (TPSA) is 12.0 Å². The maximum Gasteiger partial charge on any atom is 0.126 e. The summed E-state index contributed by atoms with van der Waals surface area (Å²) in [5.74, 6) is 0.804. The summed E-state index contributed by atoms with van der Waals surface area (Å²) in [7, 11) is 1.99. The molecule has 1 aromatic rings. The van der Waals surface area contributed by atoms with Gasteiger partial charge in [0, 0.05) is 10.5 Å². The average molecular weight is 342 g/mol. The van der Waals surface area contributed by atoms with E-state index in [4.69, 9.17) is 0 Å². The summed E-state index contributed by atoms with van der Waals surface area (Å²) in [6.07, 6.45) is 10.2. The van der Waals surface area contributed by atoms with Gasteiger partial charge in [0.05, 0.1) is 0 Å². The number of hydrogen-bond donors (Lipinski definition) is 1. The number of likely N-dealkylation sites (N-methyl/N-ethyl adjacent to an activating group) is 1. The van der Waals surface area contributed by atoms with Gasteiger partial charge in [-0.3, -0.25) is 0 Å². The van der Waals surface area contributed by atoms with Gasteiger partial charge in [0.25, 0.3) is 0 Å². The molecule has 1 saturated carbocycles. The standard InChI is InChI=1S/C17H25BrFN/c1-20-16(9-7-13-5-3-2-4-6-13)12-14-11-15(18)8-10-17(14)19/h8,10-11,13,16,20H,2-7,9,12H2,1H3. The zero-order valence-corrected chi connectivity index (χ0v) is 13.9. The molecule has 1 aromatic carbocycles. The third-order valence-corrected chi connectivity index (χ3v) is 5.02. The summed E-state index contributed by atoms with van der Waals surface area (Å²) in [6, 6.07) is 5.59. The van der Waals surface area contributed by atoms with Crippen molar-refractivity contribution in [1.82, 2.24) is 5.32 Å². The second kappa shape index (κ2) is 8.14. The van der Waals surface area contributed by atoms with E-state index < -0.39 is 0 Å². The molecule has 1 aliphatic carbocycles. The normalized spacial score (nSPS) is 18.1. The van der Waals surface area contributed by atoms with Crippen LogP contribution >= 0.6 is 15.9 Å². The van der Waals surface area contributed by atoms with Crippen molar-refractivity contribution in [3.8, 4) is 0 Å². The van der Waals surface area contributed by atoms with Gasteiger partial charge in [-0.25, -0.2) is 4.39 Å². The van der Waals surface area contributed by atoms with Gasteiger partial charge in [-0.2, -0.15) is 0 Å². The predicted molar refractivity (Wildman–Crippen MR) is 86.5 cm³/mol. The monoisotopic (exact) mass is 341 g/mol. The second-order valence-corrected chi connectivity index (χ2v) is 6.92. The fraction of sp³-hybridized carbons (Fsp3) is 0.647. The Morgan fingerprint density at radius 3 is 2.75 bits per heavy atom. The number of hydrogen-bond acceptors (Lipinski definition) is 1. The zero-order valence-electron chi connectivity index (χ0n) is 12.3. The maximum absolute atomic E-state index is 13.8. The van der Waals surface area contributed by atoms with E-state index in [1.807, 2.05) is 13.1 Å². The molecule has 0 aliphatic heterocycles. The Balaban J connectivity index is 1.86. The largest absolute Gasteiger partial charge is 0.317 e. The molecule has 20 heavy (non-hydrogen) atoms. The quantitative estimate of drug-likeness (QED) is 0.760. The maximum atomic E-state index is 13.8. The van der Waals surface area contributed by atoms with E-state index in [-0.39, 0.29) is 5.82 Å². The van der Waals surface area contributed by atoms with Crippen molar-refractivity contribution in [2.24, 2.45) is 5.92 Å². The average Bonchev–Trinajstić information content (AvgIpc) is 2.48. The second-order valence-electron chi connectivity index (χ2n) is 6.01. The van der Waals surface area contributed by atoms with Gasteiger partial charge in [0.1, 0.15) is 5.82 Å². The third-order valence-electron chi connectivity index (χ3n) is 4.53. The van der Waals surface area contributed by atoms with Crippen molar-refractivity contribution in [2.45, 2.75) is 57.4 Å². The minimum atomic E-state index is -0.0916. The predicted octanol–water partition coefficient (Wildman–Crippen LogP) is 5.08. The molecule has 1 unspecified atom stereocenters. The van der Waals surface area contributed by atoms with E-state index in [0.717, 1.165) is 28.8 Å². The molecule has 112 valence electrons. The Hall–Kier alpha value is -0.410. The van der Waals surface area contributed by atoms with Crippen molar-refractivity contribution < 1.29 is 4.39 Å². The van der Waals surface area contributed by atoms with E-state index in [0.29, 0.717) is 6.04 Å². The highest BCUT2D eigenvalue weighted by Gasteiger charge is 2.17. The van der Waals surface area contributed by atoms with Crippen LogP contribution in [-0.2, 0) is 6.42 Å². The van der Waals surface area contributed by atoms with Crippen LogP contribution in [0.15, 0.2) is 22.7 Å². The molecular weight excluding hydrogens is 317 g/mol. The summed E-state index contributed by atoms with van der Waals surface area (Å²) in [6.45, 7) is 0. The first-order valence-electron chi connectivity index (χ1n) is 7.80. The highest BCUT2D eigenvalue weighted by Crippen LogP contribution is 2.28. The smallest absolute Gasteiger partial charge is 0.126 e. The SMILES string of the molecule is CNC(CCC1CCCCC1)Cc1cc(Br)ccc1F. The van der Waals surface area contributed by atoms with Gasteiger partial charge < -0.3 is 5.32 Å². The van der Waals surface area contributed by atoms with Crippen LogP contribution in [0.5, 0.6) is 0 Å². The van der Waals surface area contributed by atoms with E-state index in [9.17, 15) is 4.39 Å². The Morgan fingerprint density at radius 1 is 1.30 bits per heavy atom. The molecule has 0 spiro atoms. The Morgan fingerprint density at radius 2 is 2.05 bits per heavy atom. The molecule has 1 nitrogen and oxygen atoms in total. The molecule has 1 N–H and O–H groups in total. The van der Waals surface area contributed by atoms with Gasteiger partial charge >= 0.3 is 0 Å². The summed E-state index contributed by atoms with van der Waals surface area (Å²) in [5.41, 5.74) is 0.808. The molecular formula is C17H25BrFN. The van der Waals surface area contributed by atoms with Crippen molar-refractivity contribution in [1.29, 1.82) is 0 Å². The van der Waals surface area contributed by atoms with Gasteiger partial charge in [-0.1, -0.05) is 48.0 Å². The minimum absolute atomic E-state index is 0.0916. The van der Waals surface area contributed by atoms with E-state index in [1.165, 1.54) is 38.5 Å². The van der Waals surface area contributed by atoms with Crippen LogP contribution in [0.1, 0.15) is 50.5 Å². The summed E-state index contributed by atoms with van der Waals surface area (Å²) < 4.78 is 14.8. The summed E-state index contributed by atoms with van der Waals surface area (Å²) >= 11 is 3.42. The highest BCUT2D eigenvalue weighted by atomic mass is 79.9. The lowest BCUT2D eigenvalue weighted by Crippen LogP contribution is -2.28. The lowest BCUT2D eigenvalue weighted by Gasteiger charge is -2.24. The summed E-state index contributed by atoms with van der Waals surface area (Å²) in [4.78, 5) is 0. The third kappa shape index (κ3) is 4.85. The van der Waals surface area contributed by atoms with Crippen LogP contribution in [0, 0.1) is 11.7 Å². The van der Waals surface area contributed by atoms with Crippen LogP contribution in [0.3, 0.4) is 0 Å². The van der Waals surface area contributed by atoms with Crippen LogP contribution in [0.2, 0.25) is 0 Å². The molecule has 0 amide bonds.